The van der Waals surface area contributed by atoms with Crippen LogP contribution in [0, 0.1) is 6.92 Å². The lowest BCUT2D eigenvalue weighted by atomic mass is 9.93. The van der Waals surface area contributed by atoms with Crippen LogP contribution in [0.2, 0.25) is 0 Å². The van der Waals surface area contributed by atoms with Crippen molar-refractivity contribution in [1.82, 2.24) is 0 Å². The number of nitrogens with one attached hydrogen (secondary N) is 1. The molecule has 1 N–H and O–H groups in total. The second-order valence-corrected chi connectivity index (χ2v) is 6.27. The van der Waals surface area contributed by atoms with Gasteiger partial charge in [0.15, 0.2) is 0 Å². The average molecular weight is 311 g/mol. The van der Waals surface area contributed by atoms with Crippen molar-refractivity contribution in [3.8, 4) is 0 Å². The van der Waals surface area contributed by atoms with Crippen molar-refractivity contribution in [3.05, 3.63) is 83.9 Å². The number of hydrogen-bond donors (Lipinski definition) is 1. The first-order valence-electron chi connectivity index (χ1n) is 8.54. The Hall–Kier alpha value is -2.80. The smallest absolute Gasteiger partial charge is 0.0499 e. The Bertz CT molecular complexity index is 1020. The third kappa shape index (κ3) is 2.43. The molecule has 0 heterocycles. The van der Waals surface area contributed by atoms with Crippen LogP contribution in [0.25, 0.3) is 21.5 Å². The van der Waals surface area contributed by atoms with Gasteiger partial charge in [-0.05, 0) is 52.8 Å². The molecule has 0 saturated heterocycles. The Balaban J connectivity index is 2.03. The van der Waals surface area contributed by atoms with Gasteiger partial charge in [-0.1, -0.05) is 67.6 Å². The minimum absolute atomic E-state index is 1.02. The number of hydrogen-bond acceptors (Lipinski definition) is 1. The van der Waals surface area contributed by atoms with Crippen molar-refractivity contribution in [3.63, 3.8) is 0 Å². The maximum Gasteiger partial charge on any atom is 0.0499 e. The van der Waals surface area contributed by atoms with Gasteiger partial charge in [0.2, 0.25) is 0 Å². The minimum atomic E-state index is 1.02. The SMILES string of the molecule is CCc1c(C)cc2c(ccc3ccccc32)c1Nc1ccccc1. The van der Waals surface area contributed by atoms with E-state index in [0.29, 0.717) is 0 Å². The van der Waals surface area contributed by atoms with Gasteiger partial charge in [0.25, 0.3) is 0 Å². The first-order chi connectivity index (χ1) is 11.8. The Morgan fingerprint density at radius 3 is 2.29 bits per heavy atom. The standard InChI is InChI=1S/C23H21N/c1-3-19-16(2)15-22-20-12-8-7-9-17(20)13-14-21(22)23(19)24-18-10-5-4-6-11-18/h4-15,24H,3H2,1-2H3. The zero-order valence-electron chi connectivity index (χ0n) is 14.1. The molecular formula is C23H21N. The van der Waals surface area contributed by atoms with E-state index in [1.165, 1.54) is 38.4 Å². The Morgan fingerprint density at radius 1 is 0.750 bits per heavy atom. The van der Waals surface area contributed by atoms with E-state index < -0.39 is 0 Å². The summed E-state index contributed by atoms with van der Waals surface area (Å²) in [6.07, 6.45) is 1.02. The molecule has 0 saturated carbocycles. The zero-order chi connectivity index (χ0) is 16.5. The molecule has 0 aliphatic heterocycles. The quantitative estimate of drug-likeness (QED) is 0.420. The predicted molar refractivity (Wildman–Crippen MR) is 105 cm³/mol. The fourth-order valence-corrected chi connectivity index (χ4v) is 3.60. The van der Waals surface area contributed by atoms with Crippen LogP contribution in [-0.4, -0.2) is 0 Å². The topological polar surface area (TPSA) is 12.0 Å². The van der Waals surface area contributed by atoms with E-state index in [9.17, 15) is 0 Å². The monoisotopic (exact) mass is 311 g/mol. The number of anilines is 2. The van der Waals surface area contributed by atoms with E-state index in [4.69, 9.17) is 0 Å². The van der Waals surface area contributed by atoms with Crippen LogP contribution in [0.3, 0.4) is 0 Å². The fourth-order valence-electron chi connectivity index (χ4n) is 3.60. The van der Waals surface area contributed by atoms with Crippen LogP contribution in [-0.2, 0) is 6.42 Å². The summed E-state index contributed by atoms with van der Waals surface area (Å²) in [5.41, 5.74) is 5.11. The highest BCUT2D eigenvalue weighted by Crippen LogP contribution is 2.36. The number of para-hydroxylation sites is 1. The molecule has 1 heteroatoms. The van der Waals surface area contributed by atoms with Crippen molar-refractivity contribution >= 4 is 32.9 Å². The van der Waals surface area contributed by atoms with Gasteiger partial charge in [-0.2, -0.15) is 0 Å². The van der Waals surface area contributed by atoms with Gasteiger partial charge in [-0.15, -0.1) is 0 Å². The zero-order valence-corrected chi connectivity index (χ0v) is 14.1. The minimum Gasteiger partial charge on any atom is -0.355 e. The molecule has 0 bridgehead atoms. The lowest BCUT2D eigenvalue weighted by Gasteiger charge is -2.18. The molecule has 0 aliphatic rings. The van der Waals surface area contributed by atoms with E-state index in [1.807, 2.05) is 6.07 Å². The molecule has 4 aromatic carbocycles. The summed E-state index contributed by atoms with van der Waals surface area (Å²) in [5, 5.41) is 8.89. The highest BCUT2D eigenvalue weighted by atomic mass is 14.9. The van der Waals surface area contributed by atoms with Crippen molar-refractivity contribution in [1.29, 1.82) is 0 Å². The molecule has 4 aromatic rings. The van der Waals surface area contributed by atoms with Crippen molar-refractivity contribution in [2.24, 2.45) is 0 Å². The van der Waals surface area contributed by atoms with Gasteiger partial charge in [-0.25, -0.2) is 0 Å². The van der Waals surface area contributed by atoms with Crippen LogP contribution < -0.4 is 5.32 Å². The summed E-state index contributed by atoms with van der Waals surface area (Å²) < 4.78 is 0. The third-order valence-electron chi connectivity index (χ3n) is 4.78. The van der Waals surface area contributed by atoms with Gasteiger partial charge in [0.1, 0.15) is 0 Å². The molecule has 0 atom stereocenters. The molecule has 0 aromatic heterocycles. The van der Waals surface area contributed by atoms with Crippen LogP contribution in [0.15, 0.2) is 72.8 Å². The molecule has 0 spiro atoms. The Kier molecular flexibility index (Phi) is 3.70. The molecule has 0 aliphatic carbocycles. The van der Waals surface area contributed by atoms with Gasteiger partial charge in [0, 0.05) is 16.8 Å². The first kappa shape index (κ1) is 14.8. The average Bonchev–Trinajstić information content (AvgIpc) is 2.62. The third-order valence-corrected chi connectivity index (χ3v) is 4.78. The normalized spacial score (nSPS) is 11.1. The van der Waals surface area contributed by atoms with E-state index in [1.54, 1.807) is 0 Å². The summed E-state index contributed by atoms with van der Waals surface area (Å²) >= 11 is 0. The van der Waals surface area contributed by atoms with E-state index in [-0.39, 0.29) is 0 Å². The largest absolute Gasteiger partial charge is 0.355 e. The molecule has 118 valence electrons. The molecule has 4 rings (SSSR count). The van der Waals surface area contributed by atoms with Crippen LogP contribution in [0.4, 0.5) is 11.4 Å². The summed E-state index contributed by atoms with van der Waals surface area (Å²) in [5.74, 6) is 0. The molecule has 0 unspecified atom stereocenters. The maximum atomic E-state index is 3.67. The summed E-state index contributed by atoms with van der Waals surface area (Å²) in [4.78, 5) is 0. The summed E-state index contributed by atoms with van der Waals surface area (Å²) in [6.45, 7) is 4.45. The number of aryl methyl sites for hydroxylation is 1. The molecule has 0 fully saturated rings. The van der Waals surface area contributed by atoms with Gasteiger partial charge in [-0.3, -0.25) is 0 Å². The van der Waals surface area contributed by atoms with E-state index in [2.05, 4.69) is 85.9 Å². The fraction of sp³-hybridized carbons (Fsp3) is 0.130. The number of benzene rings is 4. The highest BCUT2D eigenvalue weighted by Gasteiger charge is 2.12. The summed E-state index contributed by atoms with van der Waals surface area (Å²) in [6, 6.07) is 25.9. The van der Waals surface area contributed by atoms with Gasteiger partial charge in [0.05, 0.1) is 0 Å². The molecular weight excluding hydrogens is 290 g/mol. The lowest BCUT2D eigenvalue weighted by molar-refractivity contribution is 1.12. The molecule has 0 amide bonds. The van der Waals surface area contributed by atoms with Crippen molar-refractivity contribution in [2.45, 2.75) is 20.3 Å². The summed E-state index contributed by atoms with van der Waals surface area (Å²) in [7, 11) is 0. The van der Waals surface area contributed by atoms with E-state index >= 15 is 0 Å². The number of fused-ring (bicyclic) bond motifs is 3. The first-order valence-corrected chi connectivity index (χ1v) is 8.54. The molecule has 0 radical (unpaired) electrons. The predicted octanol–water partition coefficient (Wildman–Crippen LogP) is 6.61. The molecule has 1 nitrogen and oxygen atoms in total. The Morgan fingerprint density at radius 2 is 1.50 bits per heavy atom. The second kappa shape index (κ2) is 6.01. The van der Waals surface area contributed by atoms with Crippen LogP contribution in [0.1, 0.15) is 18.1 Å². The number of rotatable bonds is 3. The lowest BCUT2D eigenvalue weighted by Crippen LogP contribution is -1.99. The van der Waals surface area contributed by atoms with Crippen molar-refractivity contribution < 1.29 is 0 Å². The van der Waals surface area contributed by atoms with E-state index in [0.717, 1.165) is 12.1 Å². The maximum absolute atomic E-state index is 3.67. The molecule has 24 heavy (non-hydrogen) atoms. The van der Waals surface area contributed by atoms with Crippen molar-refractivity contribution in [2.75, 3.05) is 5.32 Å². The Labute approximate surface area is 142 Å². The second-order valence-electron chi connectivity index (χ2n) is 6.27. The van der Waals surface area contributed by atoms with Crippen LogP contribution >= 0.6 is 0 Å². The van der Waals surface area contributed by atoms with Gasteiger partial charge < -0.3 is 5.32 Å². The van der Waals surface area contributed by atoms with Crippen LogP contribution in [0.5, 0.6) is 0 Å². The van der Waals surface area contributed by atoms with Gasteiger partial charge >= 0.3 is 0 Å². The highest BCUT2D eigenvalue weighted by molar-refractivity contribution is 6.12.